The van der Waals surface area contributed by atoms with Gasteiger partial charge in [0.25, 0.3) is 5.91 Å². The molecule has 3 N–H and O–H groups in total. The lowest BCUT2D eigenvalue weighted by atomic mass is 9.75. The van der Waals surface area contributed by atoms with E-state index in [1.165, 1.54) is 4.90 Å². The summed E-state index contributed by atoms with van der Waals surface area (Å²) in [4.78, 5) is 53.4. The Morgan fingerprint density at radius 2 is 1.78 bits per heavy atom. The predicted octanol–water partition coefficient (Wildman–Crippen LogP) is 3.35. The highest BCUT2D eigenvalue weighted by atomic mass is 16.7. The fraction of sp³-hybridized carbons (Fsp3) is 0.677. The second-order valence-electron chi connectivity index (χ2n) is 12.5. The molecule has 3 amide bonds. The van der Waals surface area contributed by atoms with E-state index >= 15 is 0 Å². The normalized spacial score (nSPS) is 28.9. The molecule has 0 aromatic heterocycles. The number of esters is 1. The molecule has 3 aliphatic rings. The number of hydrogen-bond donors (Lipinski definition) is 3. The molecule has 1 aromatic rings. The number of rotatable bonds is 8. The van der Waals surface area contributed by atoms with E-state index in [1.54, 1.807) is 32.9 Å². The van der Waals surface area contributed by atoms with Gasteiger partial charge in [-0.1, -0.05) is 27.2 Å². The second-order valence-corrected chi connectivity index (χ2v) is 12.5. The molecule has 1 aromatic carbocycles. The van der Waals surface area contributed by atoms with Crippen molar-refractivity contribution in [2.75, 3.05) is 6.54 Å². The van der Waals surface area contributed by atoms with Crippen molar-refractivity contribution in [3.05, 3.63) is 28.8 Å². The molecule has 10 nitrogen and oxygen atoms in total. The number of amides is 3. The van der Waals surface area contributed by atoms with Crippen molar-refractivity contribution in [1.29, 1.82) is 0 Å². The number of aryl methyl sites for hydroxylation is 2. The summed E-state index contributed by atoms with van der Waals surface area (Å²) in [5.74, 6) is -0.124. The Hall–Kier alpha value is -3.14. The van der Waals surface area contributed by atoms with Crippen LogP contribution in [-0.2, 0) is 23.9 Å². The van der Waals surface area contributed by atoms with E-state index in [-0.39, 0.29) is 30.1 Å². The standard InChI is InChI=1S/C31H45N3O7/c1-16(2)22-10-9-17(3)12-25(22)40-31-23(15-26(35)41-31)33-29(38)24-8-7-11-34(24)30(39)20(6)32-28(37)21-13-18(4)27(36)19(5)14-21/h13-14,16-17,20,22-25,31,36H,7-12,15H2,1-6H3,(H,32,37)(H,33,38). The summed E-state index contributed by atoms with van der Waals surface area (Å²) >= 11 is 0. The quantitative estimate of drug-likeness (QED) is 0.408. The molecular weight excluding hydrogens is 526 g/mol. The molecular formula is C31H45N3O7. The van der Waals surface area contributed by atoms with Gasteiger partial charge in [-0.15, -0.1) is 0 Å². The van der Waals surface area contributed by atoms with Crippen molar-refractivity contribution in [3.8, 4) is 5.75 Å². The van der Waals surface area contributed by atoms with E-state index in [0.29, 0.717) is 53.8 Å². The Labute approximate surface area is 242 Å². The molecule has 2 saturated heterocycles. The second kappa shape index (κ2) is 12.8. The van der Waals surface area contributed by atoms with E-state index in [4.69, 9.17) is 9.47 Å². The molecule has 7 unspecified atom stereocenters. The third kappa shape index (κ3) is 7.02. The summed E-state index contributed by atoms with van der Waals surface area (Å²) in [5, 5.41) is 15.7. The molecule has 0 bridgehead atoms. The zero-order valence-corrected chi connectivity index (χ0v) is 25.1. The van der Waals surface area contributed by atoms with Crippen LogP contribution < -0.4 is 10.6 Å². The summed E-state index contributed by atoms with van der Waals surface area (Å²) < 4.78 is 11.9. The Balaban J connectivity index is 1.38. The van der Waals surface area contributed by atoms with Crippen LogP contribution in [0.15, 0.2) is 12.1 Å². The van der Waals surface area contributed by atoms with E-state index in [0.717, 1.165) is 19.3 Å². The minimum Gasteiger partial charge on any atom is -0.507 e. The number of aromatic hydroxyl groups is 1. The molecule has 3 fully saturated rings. The molecule has 0 spiro atoms. The first kappa shape index (κ1) is 30.8. The molecule has 41 heavy (non-hydrogen) atoms. The highest BCUT2D eigenvalue weighted by Crippen LogP contribution is 2.37. The van der Waals surface area contributed by atoms with Crippen LogP contribution in [0.3, 0.4) is 0 Å². The third-order valence-electron chi connectivity index (χ3n) is 8.87. The number of ether oxygens (including phenoxy) is 2. The van der Waals surface area contributed by atoms with Gasteiger partial charge in [0.15, 0.2) is 0 Å². The van der Waals surface area contributed by atoms with Gasteiger partial charge >= 0.3 is 5.97 Å². The van der Waals surface area contributed by atoms with Crippen LogP contribution in [0.5, 0.6) is 5.75 Å². The summed E-state index contributed by atoms with van der Waals surface area (Å²) in [6.45, 7) is 12.0. The van der Waals surface area contributed by atoms with E-state index in [2.05, 4.69) is 31.4 Å². The molecule has 1 saturated carbocycles. The van der Waals surface area contributed by atoms with Crippen molar-refractivity contribution < 1.29 is 33.8 Å². The molecule has 0 radical (unpaired) electrons. The van der Waals surface area contributed by atoms with Crippen LogP contribution in [-0.4, -0.2) is 70.8 Å². The van der Waals surface area contributed by atoms with Crippen LogP contribution >= 0.6 is 0 Å². The van der Waals surface area contributed by atoms with Gasteiger partial charge in [-0.3, -0.25) is 19.2 Å². The number of carbonyl (C=O) groups is 4. The average molecular weight is 572 g/mol. The molecule has 2 heterocycles. The Morgan fingerprint density at radius 1 is 1.10 bits per heavy atom. The van der Waals surface area contributed by atoms with Crippen molar-refractivity contribution in [1.82, 2.24) is 15.5 Å². The number of phenolic OH excluding ortho intramolecular Hbond substituents is 1. The lowest BCUT2D eigenvalue weighted by Gasteiger charge is -2.39. The minimum atomic E-state index is -0.862. The Morgan fingerprint density at radius 3 is 2.44 bits per heavy atom. The smallest absolute Gasteiger partial charge is 0.310 e. The SMILES string of the molecule is Cc1cc(C(=O)NC(C)C(=O)N2CCCC2C(=O)NC2CC(=O)OC2OC2CC(C)CCC2C(C)C)cc(C)c1O. The van der Waals surface area contributed by atoms with Gasteiger partial charge in [-0.05, 0) is 87.5 Å². The van der Waals surface area contributed by atoms with E-state index in [1.807, 2.05) is 0 Å². The van der Waals surface area contributed by atoms with E-state index < -0.39 is 36.3 Å². The van der Waals surface area contributed by atoms with Gasteiger partial charge < -0.3 is 30.1 Å². The monoisotopic (exact) mass is 571 g/mol. The summed E-state index contributed by atoms with van der Waals surface area (Å²) in [7, 11) is 0. The number of nitrogens with zero attached hydrogens (tertiary/aromatic N) is 1. The van der Waals surface area contributed by atoms with Gasteiger partial charge in [-0.25, -0.2) is 0 Å². The van der Waals surface area contributed by atoms with Crippen LogP contribution in [0.25, 0.3) is 0 Å². The summed E-state index contributed by atoms with van der Waals surface area (Å²) in [6, 6.07) is 0.938. The number of cyclic esters (lactones) is 1. The summed E-state index contributed by atoms with van der Waals surface area (Å²) in [6.07, 6.45) is 3.33. The van der Waals surface area contributed by atoms with Crippen LogP contribution in [0.4, 0.5) is 0 Å². The predicted molar refractivity (Wildman–Crippen MR) is 152 cm³/mol. The highest BCUT2D eigenvalue weighted by Gasteiger charge is 2.44. The lowest BCUT2D eigenvalue weighted by molar-refractivity contribution is -0.191. The minimum absolute atomic E-state index is 0.0175. The van der Waals surface area contributed by atoms with E-state index in [9.17, 15) is 24.3 Å². The van der Waals surface area contributed by atoms with Crippen molar-refractivity contribution in [3.63, 3.8) is 0 Å². The number of likely N-dealkylation sites (tertiary alicyclic amines) is 1. The van der Waals surface area contributed by atoms with Gasteiger partial charge in [-0.2, -0.15) is 0 Å². The highest BCUT2D eigenvalue weighted by molar-refractivity contribution is 5.99. The van der Waals surface area contributed by atoms with Gasteiger partial charge in [0.2, 0.25) is 18.1 Å². The molecule has 2 aliphatic heterocycles. The molecule has 1 aliphatic carbocycles. The maximum atomic E-state index is 13.4. The maximum absolute atomic E-state index is 13.4. The number of nitrogens with one attached hydrogen (secondary N) is 2. The zero-order chi connectivity index (χ0) is 30.0. The van der Waals surface area contributed by atoms with Crippen LogP contribution in [0, 0.1) is 31.6 Å². The molecule has 7 atom stereocenters. The number of benzene rings is 1. The van der Waals surface area contributed by atoms with Crippen molar-refractivity contribution in [2.45, 2.75) is 111 Å². The lowest BCUT2D eigenvalue weighted by Crippen LogP contribution is -2.55. The zero-order valence-electron chi connectivity index (χ0n) is 25.1. The fourth-order valence-electron chi connectivity index (χ4n) is 6.48. The maximum Gasteiger partial charge on any atom is 0.310 e. The molecule has 226 valence electrons. The third-order valence-corrected chi connectivity index (χ3v) is 8.87. The average Bonchev–Trinajstić information content (AvgIpc) is 3.52. The largest absolute Gasteiger partial charge is 0.507 e. The summed E-state index contributed by atoms with van der Waals surface area (Å²) in [5.41, 5.74) is 1.48. The molecule has 10 heteroatoms. The Bertz CT molecular complexity index is 1150. The first-order valence-corrected chi connectivity index (χ1v) is 14.9. The molecule has 4 rings (SSSR count). The first-order valence-electron chi connectivity index (χ1n) is 14.9. The van der Waals surface area contributed by atoms with Gasteiger partial charge in [0.1, 0.15) is 23.9 Å². The van der Waals surface area contributed by atoms with Gasteiger partial charge in [0, 0.05) is 12.1 Å². The van der Waals surface area contributed by atoms with Gasteiger partial charge in [0.05, 0.1) is 12.5 Å². The van der Waals surface area contributed by atoms with Crippen molar-refractivity contribution >= 4 is 23.7 Å². The number of hydrogen-bond acceptors (Lipinski definition) is 7. The Kier molecular flexibility index (Phi) is 9.62. The van der Waals surface area contributed by atoms with Crippen LogP contribution in [0.1, 0.15) is 87.7 Å². The van der Waals surface area contributed by atoms with Crippen LogP contribution in [0.2, 0.25) is 0 Å². The van der Waals surface area contributed by atoms with Crippen molar-refractivity contribution in [2.24, 2.45) is 17.8 Å². The number of phenols is 1. The topological polar surface area (TPSA) is 134 Å². The first-order chi connectivity index (χ1) is 19.3. The number of carbonyl (C=O) groups excluding carboxylic acids is 4. The fourth-order valence-corrected chi connectivity index (χ4v) is 6.48.